The van der Waals surface area contributed by atoms with Gasteiger partial charge in [-0.3, -0.25) is 4.79 Å². The number of esters is 1. The number of para-hydroxylation sites is 1. The summed E-state index contributed by atoms with van der Waals surface area (Å²) in [4.78, 5) is 11.8. The van der Waals surface area contributed by atoms with Crippen LogP contribution in [0.15, 0.2) is 30.5 Å². The molecule has 1 aromatic carbocycles. The van der Waals surface area contributed by atoms with Crippen molar-refractivity contribution in [1.29, 1.82) is 0 Å². The van der Waals surface area contributed by atoms with Gasteiger partial charge in [0.15, 0.2) is 0 Å². The number of rotatable bonds is 4. The van der Waals surface area contributed by atoms with Gasteiger partial charge in [-0.15, -0.1) is 12.4 Å². The third kappa shape index (κ3) is 3.52. The predicted molar refractivity (Wildman–Crippen MR) is 83.1 cm³/mol. The molecule has 110 valence electrons. The number of fused-ring (bicyclic) bond motifs is 1. The minimum atomic E-state index is -0.678. The van der Waals surface area contributed by atoms with Gasteiger partial charge in [-0.25, -0.2) is 0 Å². The van der Waals surface area contributed by atoms with Crippen LogP contribution in [-0.4, -0.2) is 22.7 Å². The number of aromatic nitrogens is 1. The summed E-state index contributed by atoms with van der Waals surface area (Å²) in [6.07, 6.45) is 2.14. The molecule has 0 saturated heterocycles. The Kier molecular flexibility index (Phi) is 5.04. The van der Waals surface area contributed by atoms with Crippen molar-refractivity contribution >= 4 is 29.3 Å². The molecule has 0 bridgehead atoms. The Balaban J connectivity index is 0.00000220. The Morgan fingerprint density at radius 1 is 1.45 bits per heavy atom. The van der Waals surface area contributed by atoms with Crippen molar-refractivity contribution in [3.63, 3.8) is 0 Å². The Morgan fingerprint density at radius 2 is 2.15 bits per heavy atom. The first-order valence-electron chi connectivity index (χ1n) is 7.05. The van der Waals surface area contributed by atoms with Crippen LogP contribution in [0.1, 0.15) is 20.8 Å². The number of hydrogen-bond acceptors (Lipinski definition) is 3. The normalized spacial score (nSPS) is 12.9. The average Bonchev–Trinajstić information content (AvgIpc) is 2.76. The lowest BCUT2D eigenvalue weighted by Crippen LogP contribution is -2.35. The van der Waals surface area contributed by atoms with Crippen LogP contribution in [0, 0.1) is 0 Å². The van der Waals surface area contributed by atoms with Crippen LogP contribution in [-0.2, 0) is 23.0 Å². The number of nitrogens with two attached hydrogens (primary N) is 1. The van der Waals surface area contributed by atoms with Gasteiger partial charge in [0, 0.05) is 31.9 Å². The monoisotopic (exact) mass is 297 g/mol. The number of aryl methyl sites for hydroxylation is 1. The van der Waals surface area contributed by atoms with Gasteiger partial charge in [-0.05, 0) is 25.5 Å². The van der Waals surface area contributed by atoms with Gasteiger partial charge < -0.3 is 15.0 Å². The van der Waals surface area contributed by atoms with Crippen molar-refractivity contribution in [2.24, 2.45) is 12.8 Å². The molecule has 0 aliphatic rings. The first kappa shape index (κ1) is 14.9. The summed E-state index contributed by atoms with van der Waals surface area (Å²) in [6, 6.07) is 7.15. The van der Waals surface area contributed by atoms with Gasteiger partial charge in [0.1, 0.15) is 6.04 Å². The summed E-state index contributed by atoms with van der Waals surface area (Å²) in [5, 5.41) is 1.03. The highest BCUT2D eigenvalue weighted by atomic mass is 35.5. The maximum Gasteiger partial charge on any atom is 0.323 e. The topological polar surface area (TPSA) is 57.2 Å². The molecular formula is C15H21ClN2O2. The molecule has 0 spiro atoms. The molecule has 0 saturated carbocycles. The summed E-state index contributed by atoms with van der Waals surface area (Å²) in [7, 11) is 0.145. The summed E-state index contributed by atoms with van der Waals surface area (Å²) in [6.45, 7) is 3.60. The molecule has 5 heteroatoms. The molecule has 2 rings (SSSR count). The lowest BCUT2D eigenvalue weighted by molar-refractivity contribution is -0.148. The molecule has 0 amide bonds. The molecule has 0 radical (unpaired) electrons. The number of hydrogen-bond donors (Lipinski definition) is 1. The molecule has 0 aliphatic heterocycles. The van der Waals surface area contributed by atoms with Crippen LogP contribution in [0.4, 0.5) is 0 Å². The Hall–Kier alpha value is -1.52. The fourth-order valence-electron chi connectivity index (χ4n) is 2.13. The van der Waals surface area contributed by atoms with Crippen molar-refractivity contribution < 1.29 is 10.9 Å². The molecule has 0 aliphatic carbocycles. The van der Waals surface area contributed by atoms with Crippen LogP contribution < -0.4 is 5.73 Å². The molecule has 2 N–H and O–H groups in total. The van der Waals surface area contributed by atoms with Gasteiger partial charge in [0.05, 0.1) is 6.10 Å². The van der Waals surface area contributed by atoms with Crippen LogP contribution in [0.3, 0.4) is 0 Å². The Bertz CT molecular complexity index is 613. The van der Waals surface area contributed by atoms with E-state index < -0.39 is 6.04 Å². The molecule has 1 atom stereocenters. The van der Waals surface area contributed by atoms with E-state index in [9.17, 15) is 4.79 Å². The number of halogens is 1. The smallest absolute Gasteiger partial charge is 0.323 e. The quantitative estimate of drug-likeness (QED) is 0.882. The van der Waals surface area contributed by atoms with Gasteiger partial charge in [0.2, 0.25) is 0 Å². The molecule has 1 heterocycles. The maximum atomic E-state index is 11.8. The minimum absolute atomic E-state index is 0. The van der Waals surface area contributed by atoms with Gasteiger partial charge in [-0.1, -0.05) is 18.2 Å². The van der Waals surface area contributed by atoms with Crippen molar-refractivity contribution in [2.45, 2.75) is 32.4 Å². The van der Waals surface area contributed by atoms with E-state index in [0.717, 1.165) is 16.5 Å². The van der Waals surface area contributed by atoms with Gasteiger partial charge in [0.25, 0.3) is 0 Å². The van der Waals surface area contributed by atoms with E-state index in [1.54, 1.807) is 13.8 Å². The van der Waals surface area contributed by atoms with Gasteiger partial charge in [-0.2, -0.15) is 0 Å². The second-order valence-corrected chi connectivity index (χ2v) is 4.94. The van der Waals surface area contributed by atoms with E-state index in [1.165, 1.54) is 0 Å². The van der Waals surface area contributed by atoms with E-state index in [1.807, 2.05) is 35.0 Å². The van der Waals surface area contributed by atoms with Crippen molar-refractivity contribution in [3.05, 3.63) is 36.0 Å². The summed E-state index contributed by atoms with van der Waals surface area (Å²) in [5.74, 6) is -0.386. The summed E-state index contributed by atoms with van der Waals surface area (Å²) >= 11 is 0. The number of carbonyl (C=O) groups excluding carboxylic acids is 1. The number of ether oxygens (including phenoxy) is 1. The minimum Gasteiger partial charge on any atom is -0.462 e. The largest absolute Gasteiger partial charge is 0.462 e. The molecule has 2 aromatic rings. The first-order valence-corrected chi connectivity index (χ1v) is 6.35. The standard InChI is InChI=1S/C15H20N2O2.ClH/c1-10(2)19-15(18)13(16)8-11-9-17(3)14-7-5-4-6-12(11)14;/h4-7,9-10,13H,8,16H2,1-3H3;1H/t13-;/m0./s1/i3D;. The summed E-state index contributed by atoms with van der Waals surface area (Å²) in [5.41, 5.74) is 7.87. The fourth-order valence-corrected chi connectivity index (χ4v) is 2.13. The van der Waals surface area contributed by atoms with Crippen LogP contribution in [0.25, 0.3) is 10.9 Å². The van der Waals surface area contributed by atoms with Gasteiger partial charge >= 0.3 is 5.97 Å². The maximum absolute atomic E-state index is 11.8. The Morgan fingerprint density at radius 3 is 2.80 bits per heavy atom. The number of carbonyl (C=O) groups is 1. The van der Waals surface area contributed by atoms with Crippen LogP contribution in [0.5, 0.6) is 0 Å². The third-order valence-corrected chi connectivity index (χ3v) is 2.97. The highest BCUT2D eigenvalue weighted by Gasteiger charge is 2.19. The van der Waals surface area contributed by atoms with E-state index in [4.69, 9.17) is 11.8 Å². The van der Waals surface area contributed by atoms with E-state index in [2.05, 4.69) is 0 Å². The predicted octanol–water partition coefficient (Wildman–Crippen LogP) is 2.42. The van der Waals surface area contributed by atoms with Crippen LogP contribution in [0.2, 0.25) is 0 Å². The first-order chi connectivity index (χ1) is 9.52. The second kappa shape index (κ2) is 6.77. The third-order valence-electron chi connectivity index (χ3n) is 2.97. The SMILES string of the molecule is Cl.[2H]Cn1cc(C[C@H](N)C(=O)OC(C)C)c2ccccc21. The highest BCUT2D eigenvalue weighted by molar-refractivity contribution is 5.85. The van der Waals surface area contributed by atoms with Crippen LogP contribution >= 0.6 is 12.4 Å². The lowest BCUT2D eigenvalue weighted by atomic mass is 10.1. The van der Waals surface area contributed by atoms with Crippen molar-refractivity contribution in [1.82, 2.24) is 4.57 Å². The molecule has 0 fully saturated rings. The van der Waals surface area contributed by atoms with E-state index in [-0.39, 0.29) is 31.5 Å². The zero-order chi connectivity index (χ0) is 14.7. The second-order valence-electron chi connectivity index (χ2n) is 4.94. The lowest BCUT2D eigenvalue weighted by Gasteiger charge is -2.13. The van der Waals surface area contributed by atoms with Crippen molar-refractivity contribution in [3.8, 4) is 0 Å². The number of nitrogens with zero attached hydrogens (tertiary/aromatic N) is 1. The zero-order valence-electron chi connectivity index (χ0n) is 12.7. The average molecular weight is 298 g/mol. The molecule has 0 unspecified atom stereocenters. The van der Waals surface area contributed by atoms with Crippen molar-refractivity contribution in [2.75, 3.05) is 0 Å². The Labute approximate surface area is 126 Å². The highest BCUT2D eigenvalue weighted by Crippen LogP contribution is 2.21. The molecule has 4 nitrogen and oxygen atoms in total. The molecular weight excluding hydrogens is 276 g/mol. The fraction of sp³-hybridized carbons (Fsp3) is 0.400. The van der Waals surface area contributed by atoms with E-state index in [0.29, 0.717) is 6.42 Å². The number of benzene rings is 1. The molecule has 20 heavy (non-hydrogen) atoms. The zero-order valence-corrected chi connectivity index (χ0v) is 12.5. The molecule has 1 aromatic heterocycles. The van der Waals surface area contributed by atoms with E-state index >= 15 is 0 Å². The summed E-state index contributed by atoms with van der Waals surface area (Å²) < 4.78 is 14.5.